The minimum absolute atomic E-state index is 0.0750. The molecule has 2 aromatic rings. The number of carbonyl (C=O) groups is 1. The molecule has 122 valence electrons. The summed E-state index contributed by atoms with van der Waals surface area (Å²) in [7, 11) is 0. The number of hydrogen-bond donors (Lipinski definition) is 2. The molecule has 7 nitrogen and oxygen atoms in total. The van der Waals surface area contributed by atoms with E-state index in [-0.39, 0.29) is 11.9 Å². The van der Waals surface area contributed by atoms with E-state index in [4.69, 9.17) is 5.73 Å². The van der Waals surface area contributed by atoms with Crippen molar-refractivity contribution in [2.45, 2.75) is 31.7 Å². The van der Waals surface area contributed by atoms with Gasteiger partial charge in [0.15, 0.2) is 5.13 Å². The first kappa shape index (κ1) is 15.7. The summed E-state index contributed by atoms with van der Waals surface area (Å²) in [5.41, 5.74) is 6.48. The van der Waals surface area contributed by atoms with Crippen LogP contribution in [0.15, 0.2) is 23.8 Å². The van der Waals surface area contributed by atoms with Gasteiger partial charge in [0, 0.05) is 43.3 Å². The molecule has 2 aromatic heterocycles. The zero-order valence-electron chi connectivity index (χ0n) is 12.8. The molecule has 0 bridgehead atoms. The third-order valence-corrected chi connectivity index (χ3v) is 4.60. The Hall–Kier alpha value is -2.22. The Morgan fingerprint density at radius 2 is 2.09 bits per heavy atom. The van der Waals surface area contributed by atoms with Gasteiger partial charge in [-0.05, 0) is 25.3 Å². The van der Waals surface area contributed by atoms with Crippen molar-refractivity contribution in [3.8, 4) is 0 Å². The molecule has 0 atom stereocenters. The highest BCUT2D eigenvalue weighted by molar-refractivity contribution is 7.13. The summed E-state index contributed by atoms with van der Waals surface area (Å²) in [6, 6.07) is 2.04. The average Bonchev–Trinajstić information content (AvgIpc) is 3.00. The number of rotatable bonds is 5. The maximum atomic E-state index is 12.0. The fourth-order valence-corrected chi connectivity index (χ4v) is 3.25. The van der Waals surface area contributed by atoms with Crippen LogP contribution in [-0.2, 0) is 11.2 Å². The van der Waals surface area contributed by atoms with E-state index in [9.17, 15) is 4.79 Å². The lowest BCUT2D eigenvalue weighted by molar-refractivity contribution is -0.121. The second-order valence-corrected chi connectivity index (χ2v) is 6.44. The molecule has 0 unspecified atom stereocenters. The van der Waals surface area contributed by atoms with Crippen LogP contribution in [-0.4, -0.2) is 40.0 Å². The van der Waals surface area contributed by atoms with Gasteiger partial charge in [-0.1, -0.05) is 0 Å². The van der Waals surface area contributed by atoms with E-state index >= 15 is 0 Å². The molecular formula is C15H20N6OS. The number of nitrogens with zero attached hydrogens (tertiary/aromatic N) is 4. The average molecular weight is 332 g/mol. The van der Waals surface area contributed by atoms with Crippen molar-refractivity contribution in [2.24, 2.45) is 0 Å². The largest absolute Gasteiger partial charge is 0.375 e. The summed E-state index contributed by atoms with van der Waals surface area (Å²) in [6.45, 7) is 1.72. The van der Waals surface area contributed by atoms with Crippen molar-refractivity contribution in [3.05, 3.63) is 29.5 Å². The van der Waals surface area contributed by atoms with E-state index in [0.29, 0.717) is 18.0 Å². The number of nitrogens with one attached hydrogen (secondary N) is 1. The van der Waals surface area contributed by atoms with Crippen LogP contribution in [0.25, 0.3) is 0 Å². The molecule has 0 aromatic carbocycles. The van der Waals surface area contributed by atoms with Gasteiger partial charge in [0.25, 0.3) is 0 Å². The van der Waals surface area contributed by atoms with E-state index in [1.165, 1.54) is 11.3 Å². The number of amides is 1. The van der Waals surface area contributed by atoms with Gasteiger partial charge in [-0.2, -0.15) is 0 Å². The molecule has 8 heteroatoms. The number of nitrogen functional groups attached to an aromatic ring is 1. The zero-order chi connectivity index (χ0) is 16.1. The number of anilines is 2. The van der Waals surface area contributed by atoms with Crippen molar-refractivity contribution in [2.75, 3.05) is 23.7 Å². The van der Waals surface area contributed by atoms with Crippen LogP contribution in [0.2, 0.25) is 0 Å². The summed E-state index contributed by atoms with van der Waals surface area (Å²) in [5.74, 6) is 0.837. The predicted octanol–water partition coefficient (Wildman–Crippen LogP) is 1.23. The summed E-state index contributed by atoms with van der Waals surface area (Å²) < 4.78 is 0. The molecule has 3 N–H and O–H groups in total. The molecule has 0 spiro atoms. The van der Waals surface area contributed by atoms with Crippen molar-refractivity contribution >= 4 is 28.3 Å². The van der Waals surface area contributed by atoms with Gasteiger partial charge in [0.05, 0.1) is 5.69 Å². The molecule has 1 amide bonds. The standard InChI is InChI=1S/C15H20N6OS/c16-14-20-12(10-23-14)2-3-13(22)19-11-4-8-21(9-5-11)15-17-6-1-7-18-15/h1,6-7,10-11H,2-5,8-9H2,(H2,16,20)(H,19,22). The van der Waals surface area contributed by atoms with Crippen LogP contribution in [0.5, 0.6) is 0 Å². The highest BCUT2D eigenvalue weighted by Crippen LogP contribution is 2.16. The fourth-order valence-electron chi connectivity index (χ4n) is 2.66. The van der Waals surface area contributed by atoms with E-state index in [1.54, 1.807) is 12.4 Å². The van der Waals surface area contributed by atoms with Crippen LogP contribution in [0.3, 0.4) is 0 Å². The second kappa shape index (κ2) is 7.36. The van der Waals surface area contributed by atoms with Crippen LogP contribution in [0.1, 0.15) is 25.0 Å². The highest BCUT2D eigenvalue weighted by Gasteiger charge is 2.21. The second-order valence-electron chi connectivity index (χ2n) is 5.55. The predicted molar refractivity (Wildman–Crippen MR) is 90.3 cm³/mol. The number of carbonyl (C=O) groups excluding carboxylic acids is 1. The highest BCUT2D eigenvalue weighted by atomic mass is 32.1. The number of hydrogen-bond acceptors (Lipinski definition) is 7. The topological polar surface area (TPSA) is 97.0 Å². The normalized spacial score (nSPS) is 15.6. The summed E-state index contributed by atoms with van der Waals surface area (Å²) in [4.78, 5) is 26.9. The van der Waals surface area contributed by atoms with Gasteiger partial charge in [-0.15, -0.1) is 11.3 Å². The Labute approximate surface area is 139 Å². The first-order chi connectivity index (χ1) is 11.2. The van der Waals surface area contributed by atoms with Crippen molar-refractivity contribution in [3.63, 3.8) is 0 Å². The molecule has 1 aliphatic rings. The molecule has 1 saturated heterocycles. The molecule has 0 saturated carbocycles. The van der Waals surface area contributed by atoms with Crippen LogP contribution >= 0.6 is 11.3 Å². The molecule has 23 heavy (non-hydrogen) atoms. The monoisotopic (exact) mass is 332 g/mol. The lowest BCUT2D eigenvalue weighted by Gasteiger charge is -2.32. The molecule has 1 aliphatic heterocycles. The quantitative estimate of drug-likeness (QED) is 0.855. The Kier molecular flexibility index (Phi) is 5.02. The molecular weight excluding hydrogens is 312 g/mol. The SMILES string of the molecule is Nc1nc(CCC(=O)NC2CCN(c3ncccn3)CC2)cs1. The fraction of sp³-hybridized carbons (Fsp3) is 0.467. The summed E-state index contributed by atoms with van der Waals surface area (Å²) >= 11 is 1.41. The first-order valence-electron chi connectivity index (χ1n) is 7.72. The molecule has 3 heterocycles. The Balaban J connectivity index is 1.41. The van der Waals surface area contributed by atoms with Gasteiger partial charge >= 0.3 is 0 Å². The van der Waals surface area contributed by atoms with E-state index in [2.05, 4.69) is 25.2 Å². The first-order valence-corrected chi connectivity index (χ1v) is 8.60. The van der Waals surface area contributed by atoms with Crippen molar-refractivity contribution in [1.82, 2.24) is 20.3 Å². The maximum absolute atomic E-state index is 12.0. The van der Waals surface area contributed by atoms with Gasteiger partial charge in [-0.25, -0.2) is 15.0 Å². The van der Waals surface area contributed by atoms with Crippen LogP contribution in [0, 0.1) is 0 Å². The zero-order valence-corrected chi connectivity index (χ0v) is 13.6. The van der Waals surface area contributed by atoms with Gasteiger partial charge in [-0.3, -0.25) is 4.79 Å². The smallest absolute Gasteiger partial charge is 0.225 e. The van der Waals surface area contributed by atoms with Crippen LogP contribution < -0.4 is 16.0 Å². The summed E-state index contributed by atoms with van der Waals surface area (Å²) in [6.07, 6.45) is 6.41. The molecule has 0 aliphatic carbocycles. The minimum atomic E-state index is 0.0750. The lowest BCUT2D eigenvalue weighted by Crippen LogP contribution is -2.45. The minimum Gasteiger partial charge on any atom is -0.375 e. The molecule has 3 rings (SSSR count). The van der Waals surface area contributed by atoms with E-state index in [1.807, 2.05) is 11.4 Å². The number of aromatic nitrogens is 3. The van der Waals surface area contributed by atoms with Gasteiger partial charge in [0.2, 0.25) is 11.9 Å². The van der Waals surface area contributed by atoms with Crippen molar-refractivity contribution < 1.29 is 4.79 Å². The summed E-state index contributed by atoms with van der Waals surface area (Å²) in [5, 5.41) is 5.56. The number of thiazole rings is 1. The Morgan fingerprint density at radius 1 is 1.35 bits per heavy atom. The van der Waals surface area contributed by atoms with E-state index < -0.39 is 0 Å². The number of aryl methyl sites for hydroxylation is 1. The number of piperidine rings is 1. The Bertz CT molecular complexity index is 638. The lowest BCUT2D eigenvalue weighted by atomic mass is 10.0. The third-order valence-electron chi connectivity index (χ3n) is 3.87. The maximum Gasteiger partial charge on any atom is 0.225 e. The van der Waals surface area contributed by atoms with Crippen LogP contribution in [0.4, 0.5) is 11.1 Å². The van der Waals surface area contributed by atoms with Crippen molar-refractivity contribution in [1.29, 1.82) is 0 Å². The van der Waals surface area contributed by atoms with Gasteiger partial charge in [0.1, 0.15) is 0 Å². The molecule has 1 fully saturated rings. The molecule has 0 radical (unpaired) electrons. The van der Waals surface area contributed by atoms with E-state index in [0.717, 1.165) is 37.6 Å². The number of nitrogens with two attached hydrogens (primary N) is 1. The third kappa shape index (κ3) is 4.38. The Morgan fingerprint density at radius 3 is 2.74 bits per heavy atom. The van der Waals surface area contributed by atoms with Gasteiger partial charge < -0.3 is 16.0 Å².